The lowest BCUT2D eigenvalue weighted by atomic mass is 9.86. The molecule has 0 radical (unpaired) electrons. The number of amides is 1. The number of hydrogen-bond acceptors (Lipinski definition) is 4. The van der Waals surface area contributed by atoms with Gasteiger partial charge in [-0.25, -0.2) is 9.37 Å². The van der Waals surface area contributed by atoms with Crippen LogP contribution in [-0.4, -0.2) is 23.5 Å². The minimum Gasteiger partial charge on any atom is -0.361 e. The molecule has 1 saturated carbocycles. The highest BCUT2D eigenvalue weighted by atomic mass is 32.1. The van der Waals surface area contributed by atoms with Crippen molar-refractivity contribution in [1.29, 1.82) is 0 Å². The summed E-state index contributed by atoms with van der Waals surface area (Å²) in [4.78, 5) is 17.9. The van der Waals surface area contributed by atoms with Crippen molar-refractivity contribution in [1.82, 2.24) is 10.3 Å². The van der Waals surface area contributed by atoms with Crippen LogP contribution < -0.4 is 10.6 Å². The monoisotopic (exact) mass is 429 g/mol. The van der Waals surface area contributed by atoms with Crippen LogP contribution >= 0.6 is 11.3 Å². The molecular weight excluding hydrogens is 406 g/mol. The van der Waals surface area contributed by atoms with Gasteiger partial charge in [0.1, 0.15) is 5.82 Å². The number of benzene rings is 1. The van der Waals surface area contributed by atoms with E-state index in [9.17, 15) is 22.4 Å². The molecule has 1 aliphatic carbocycles. The number of rotatable bonds is 5. The number of carbonyl (C=O) groups is 1. The third-order valence-electron chi connectivity index (χ3n) is 5.29. The predicted molar refractivity (Wildman–Crippen MR) is 105 cm³/mol. The molecule has 2 aromatic rings. The summed E-state index contributed by atoms with van der Waals surface area (Å²) in [5.41, 5.74) is -0.588. The Kier molecular flexibility index (Phi) is 6.45. The fourth-order valence-corrected chi connectivity index (χ4v) is 4.25. The molecular formula is C20H23F4N3OS. The number of nitrogens with zero attached hydrogens (tertiary/aromatic N) is 1. The number of thiazole rings is 1. The first-order valence-corrected chi connectivity index (χ1v) is 10.3. The molecule has 0 saturated heterocycles. The van der Waals surface area contributed by atoms with E-state index in [1.807, 2.05) is 13.8 Å². The zero-order chi connectivity index (χ0) is 21.2. The number of carbonyl (C=O) groups excluding carboxylic acids is 1. The van der Waals surface area contributed by atoms with E-state index in [0.717, 1.165) is 30.2 Å². The molecule has 1 aliphatic rings. The maximum Gasteiger partial charge on any atom is 0.416 e. The number of alkyl halides is 3. The van der Waals surface area contributed by atoms with Crippen LogP contribution in [0.2, 0.25) is 0 Å². The normalized spacial score (nSPS) is 19.8. The van der Waals surface area contributed by atoms with Gasteiger partial charge in [-0.1, -0.05) is 0 Å². The van der Waals surface area contributed by atoms with Gasteiger partial charge in [-0.3, -0.25) is 4.79 Å². The van der Waals surface area contributed by atoms with E-state index in [2.05, 4.69) is 15.6 Å². The van der Waals surface area contributed by atoms with Crippen molar-refractivity contribution < 1.29 is 22.4 Å². The van der Waals surface area contributed by atoms with E-state index in [1.165, 1.54) is 4.88 Å². The molecule has 1 aromatic heterocycles. The Morgan fingerprint density at radius 2 is 1.90 bits per heavy atom. The number of anilines is 1. The maximum absolute atomic E-state index is 13.9. The van der Waals surface area contributed by atoms with Gasteiger partial charge in [0, 0.05) is 17.5 Å². The Balaban J connectivity index is 1.51. The SMILES string of the molecule is Cc1nc(NCC2CCC(NC(=O)c3cc(C(F)(F)F)ccc3F)CC2)sc1C. The molecule has 0 atom stereocenters. The highest BCUT2D eigenvalue weighted by molar-refractivity contribution is 7.15. The lowest BCUT2D eigenvalue weighted by Gasteiger charge is -2.29. The number of halogens is 4. The van der Waals surface area contributed by atoms with E-state index in [0.29, 0.717) is 37.0 Å². The second kappa shape index (κ2) is 8.69. The summed E-state index contributed by atoms with van der Waals surface area (Å²) < 4.78 is 52.3. The third-order valence-corrected chi connectivity index (χ3v) is 6.32. The Hall–Kier alpha value is -2.16. The maximum atomic E-state index is 13.9. The number of hydrogen-bond donors (Lipinski definition) is 2. The van der Waals surface area contributed by atoms with Crippen LogP contribution in [0.5, 0.6) is 0 Å². The lowest BCUT2D eigenvalue weighted by molar-refractivity contribution is -0.137. The van der Waals surface area contributed by atoms with E-state index in [-0.39, 0.29) is 6.04 Å². The molecule has 0 spiro atoms. The van der Waals surface area contributed by atoms with Crippen molar-refractivity contribution in [2.45, 2.75) is 51.7 Å². The van der Waals surface area contributed by atoms with Gasteiger partial charge in [0.05, 0.1) is 16.8 Å². The van der Waals surface area contributed by atoms with Crippen molar-refractivity contribution in [2.24, 2.45) is 5.92 Å². The Morgan fingerprint density at radius 1 is 1.21 bits per heavy atom. The molecule has 0 unspecified atom stereocenters. The first-order valence-electron chi connectivity index (χ1n) is 9.49. The Bertz CT molecular complexity index is 854. The summed E-state index contributed by atoms with van der Waals surface area (Å²) >= 11 is 1.62. The zero-order valence-corrected chi connectivity index (χ0v) is 17.0. The summed E-state index contributed by atoms with van der Waals surface area (Å²) in [5, 5.41) is 6.93. The van der Waals surface area contributed by atoms with E-state index in [4.69, 9.17) is 0 Å². The number of nitrogens with one attached hydrogen (secondary N) is 2. The molecule has 3 rings (SSSR count). The summed E-state index contributed by atoms with van der Waals surface area (Å²) in [6.07, 6.45) is -1.48. The minimum absolute atomic E-state index is 0.169. The van der Waals surface area contributed by atoms with Crippen molar-refractivity contribution in [3.8, 4) is 0 Å². The molecule has 1 fully saturated rings. The molecule has 1 amide bonds. The standard InChI is InChI=1S/C20H23F4N3OS/c1-11-12(2)29-19(26-11)25-10-13-3-6-15(7-4-13)27-18(28)16-9-14(20(22,23)24)5-8-17(16)21/h5,8-9,13,15H,3-4,6-7,10H2,1-2H3,(H,25,26)(H,27,28). The Labute approximate surface area is 170 Å². The topological polar surface area (TPSA) is 54.0 Å². The van der Waals surface area contributed by atoms with Crippen molar-refractivity contribution in [3.63, 3.8) is 0 Å². The predicted octanol–water partition coefficient (Wildman–Crippen LogP) is 5.32. The highest BCUT2D eigenvalue weighted by Gasteiger charge is 2.32. The third kappa shape index (κ3) is 5.46. The van der Waals surface area contributed by atoms with Gasteiger partial charge in [-0.15, -0.1) is 11.3 Å². The lowest BCUT2D eigenvalue weighted by Crippen LogP contribution is -2.39. The van der Waals surface area contributed by atoms with Crippen LogP contribution in [0.1, 0.15) is 52.2 Å². The number of aromatic nitrogens is 1. The molecule has 9 heteroatoms. The molecule has 1 heterocycles. The van der Waals surface area contributed by atoms with Crippen LogP contribution in [-0.2, 0) is 6.18 Å². The molecule has 4 nitrogen and oxygen atoms in total. The van der Waals surface area contributed by atoms with Gasteiger partial charge in [0.2, 0.25) is 0 Å². The average Bonchev–Trinajstić information content (AvgIpc) is 2.98. The van der Waals surface area contributed by atoms with Gasteiger partial charge < -0.3 is 10.6 Å². The summed E-state index contributed by atoms with van der Waals surface area (Å²) in [7, 11) is 0. The van der Waals surface area contributed by atoms with E-state index in [1.54, 1.807) is 11.3 Å². The number of aryl methyl sites for hydroxylation is 2. The molecule has 158 valence electrons. The minimum atomic E-state index is -4.62. The van der Waals surface area contributed by atoms with Gasteiger partial charge in [-0.2, -0.15) is 13.2 Å². The second-order valence-corrected chi connectivity index (χ2v) is 8.63. The van der Waals surface area contributed by atoms with Crippen LogP contribution in [0.15, 0.2) is 18.2 Å². The summed E-state index contributed by atoms with van der Waals surface area (Å²) in [6, 6.07) is 1.72. The van der Waals surface area contributed by atoms with Gasteiger partial charge in [0.15, 0.2) is 5.13 Å². The molecule has 2 N–H and O–H groups in total. The van der Waals surface area contributed by atoms with Crippen molar-refractivity contribution in [3.05, 3.63) is 45.7 Å². The van der Waals surface area contributed by atoms with Gasteiger partial charge in [-0.05, 0) is 63.6 Å². The van der Waals surface area contributed by atoms with Crippen LogP contribution in [0, 0.1) is 25.6 Å². The van der Waals surface area contributed by atoms with Crippen LogP contribution in [0.4, 0.5) is 22.7 Å². The van der Waals surface area contributed by atoms with E-state index < -0.39 is 29.0 Å². The van der Waals surface area contributed by atoms with Crippen LogP contribution in [0.3, 0.4) is 0 Å². The second-order valence-electron chi connectivity index (χ2n) is 7.43. The van der Waals surface area contributed by atoms with Crippen molar-refractivity contribution >= 4 is 22.4 Å². The molecule has 1 aromatic carbocycles. The highest BCUT2D eigenvalue weighted by Crippen LogP contribution is 2.31. The van der Waals surface area contributed by atoms with Gasteiger partial charge >= 0.3 is 6.18 Å². The van der Waals surface area contributed by atoms with Crippen LogP contribution in [0.25, 0.3) is 0 Å². The smallest absolute Gasteiger partial charge is 0.361 e. The molecule has 0 bridgehead atoms. The fourth-order valence-electron chi connectivity index (χ4n) is 3.43. The Morgan fingerprint density at radius 3 is 2.48 bits per heavy atom. The largest absolute Gasteiger partial charge is 0.416 e. The first kappa shape index (κ1) is 21.5. The van der Waals surface area contributed by atoms with Crippen molar-refractivity contribution in [2.75, 3.05) is 11.9 Å². The van der Waals surface area contributed by atoms with Gasteiger partial charge in [0.25, 0.3) is 5.91 Å². The summed E-state index contributed by atoms with van der Waals surface area (Å²) in [5.74, 6) is -1.33. The van der Waals surface area contributed by atoms with E-state index >= 15 is 0 Å². The molecule has 0 aliphatic heterocycles. The average molecular weight is 429 g/mol. The zero-order valence-electron chi connectivity index (χ0n) is 16.2. The first-order chi connectivity index (χ1) is 13.6. The molecule has 29 heavy (non-hydrogen) atoms. The summed E-state index contributed by atoms with van der Waals surface area (Å²) in [6.45, 7) is 4.78. The quantitative estimate of drug-likeness (QED) is 0.633. The fraction of sp³-hybridized carbons (Fsp3) is 0.500.